The molecule has 0 spiro atoms. The van der Waals surface area contributed by atoms with Crippen molar-refractivity contribution >= 4 is 55.1 Å². The van der Waals surface area contributed by atoms with Crippen LogP contribution in [0.2, 0.25) is 0 Å². The third-order valence-electron chi connectivity index (χ3n) is 6.72. The van der Waals surface area contributed by atoms with Gasteiger partial charge in [0.15, 0.2) is 0 Å². The summed E-state index contributed by atoms with van der Waals surface area (Å²) in [4.78, 5) is 0. The Morgan fingerprint density at radius 1 is 0.786 bits per heavy atom. The van der Waals surface area contributed by atoms with Crippen LogP contribution in [-0.4, -0.2) is 8.97 Å². The van der Waals surface area contributed by atoms with Crippen LogP contribution in [0.1, 0.15) is 24.6 Å². The Balaban J connectivity index is 1.99. The molecule has 0 fully saturated rings. The highest BCUT2D eigenvalue weighted by Gasteiger charge is 2.23. The first-order chi connectivity index (χ1) is 13.9. The Bertz CT molecular complexity index is 1590. The van der Waals surface area contributed by atoms with E-state index in [1.165, 1.54) is 60.3 Å². The van der Waals surface area contributed by atoms with E-state index in [4.69, 9.17) is 0 Å². The Morgan fingerprint density at radius 3 is 2.54 bits per heavy atom. The normalized spacial score (nSPS) is 14.3. The van der Waals surface area contributed by atoms with Gasteiger partial charge in [0.25, 0.3) is 0 Å². The van der Waals surface area contributed by atoms with Crippen LogP contribution < -0.4 is 0 Å². The number of aromatic nitrogens is 2. The summed E-state index contributed by atoms with van der Waals surface area (Å²) < 4.78 is 5.02. The second-order valence-electron chi connectivity index (χ2n) is 7.96. The van der Waals surface area contributed by atoms with Gasteiger partial charge in [-0.25, -0.2) is 0 Å². The molecule has 6 aromatic rings. The zero-order valence-corrected chi connectivity index (χ0v) is 15.9. The Hall–Kier alpha value is -3.26. The van der Waals surface area contributed by atoms with E-state index in [-0.39, 0.29) is 0 Å². The number of allylic oxidation sites excluding steroid dienone is 1. The maximum Gasteiger partial charge on any atom is 0.0638 e. The van der Waals surface area contributed by atoms with Gasteiger partial charge in [-0.1, -0.05) is 42.5 Å². The predicted molar refractivity (Wildman–Crippen MR) is 120 cm³/mol. The summed E-state index contributed by atoms with van der Waals surface area (Å²) in [5.74, 6) is 0. The van der Waals surface area contributed by atoms with E-state index in [1.54, 1.807) is 0 Å². The molecule has 0 amide bonds. The molecule has 1 aliphatic rings. The van der Waals surface area contributed by atoms with Gasteiger partial charge in [-0.2, -0.15) is 0 Å². The second kappa shape index (κ2) is 4.96. The Morgan fingerprint density at radius 2 is 1.61 bits per heavy atom. The Kier molecular flexibility index (Phi) is 2.61. The SMILES string of the molecule is CCn1c2cccc3c4ccccc4n4c5c(c6ccc1c(c32)c64)CCC=C5. The van der Waals surface area contributed by atoms with Crippen LogP contribution in [0.15, 0.2) is 60.7 Å². The highest BCUT2D eigenvalue weighted by molar-refractivity contribution is 6.30. The van der Waals surface area contributed by atoms with Crippen LogP contribution in [0, 0.1) is 0 Å². The highest BCUT2D eigenvalue weighted by atomic mass is 15.0. The summed E-state index contributed by atoms with van der Waals surface area (Å²) in [6.45, 7) is 3.24. The van der Waals surface area contributed by atoms with Crippen LogP contribution in [0.5, 0.6) is 0 Å². The van der Waals surface area contributed by atoms with E-state index >= 15 is 0 Å². The summed E-state index contributed by atoms with van der Waals surface area (Å²) in [5.41, 5.74) is 8.27. The van der Waals surface area contributed by atoms with Gasteiger partial charge in [-0.3, -0.25) is 0 Å². The first kappa shape index (κ1) is 14.8. The minimum absolute atomic E-state index is 0.983. The molecule has 0 bridgehead atoms. The molecular formula is C26H20N2. The van der Waals surface area contributed by atoms with Crippen LogP contribution in [0.3, 0.4) is 0 Å². The topological polar surface area (TPSA) is 9.34 Å². The van der Waals surface area contributed by atoms with Crippen molar-refractivity contribution in [2.45, 2.75) is 26.3 Å². The largest absolute Gasteiger partial charge is 0.341 e. The first-order valence-electron chi connectivity index (χ1n) is 10.3. The predicted octanol–water partition coefficient (Wildman–Crippen LogP) is 6.77. The van der Waals surface area contributed by atoms with Crippen molar-refractivity contribution in [1.29, 1.82) is 0 Å². The minimum atomic E-state index is 0.983. The molecule has 7 rings (SSSR count). The lowest BCUT2D eigenvalue weighted by molar-refractivity contribution is 0.827. The molecule has 0 saturated carbocycles. The van der Waals surface area contributed by atoms with Crippen molar-refractivity contribution in [3.05, 3.63) is 71.9 Å². The summed E-state index contributed by atoms with van der Waals surface area (Å²) in [5, 5.41) is 6.95. The highest BCUT2D eigenvalue weighted by Crippen LogP contribution is 2.44. The molecule has 0 unspecified atom stereocenters. The van der Waals surface area contributed by atoms with Crippen molar-refractivity contribution in [2.75, 3.05) is 0 Å². The molecule has 2 nitrogen and oxygen atoms in total. The molecule has 0 saturated heterocycles. The standard InChI is InChI=1S/C26H20N2/c1-2-27-22-13-7-10-18-16-8-3-5-11-20(16)28-21-12-6-4-9-17(21)19-14-15-23(27)25(24(18)22)26(19)28/h3,5-8,10-15H,2,4,9H2,1H3. The average molecular weight is 360 g/mol. The molecular weight excluding hydrogens is 340 g/mol. The number of aryl methyl sites for hydroxylation is 2. The van der Waals surface area contributed by atoms with E-state index in [9.17, 15) is 0 Å². The fraction of sp³-hybridized carbons (Fsp3) is 0.154. The summed E-state index contributed by atoms with van der Waals surface area (Å²) in [6.07, 6.45) is 6.93. The zero-order valence-electron chi connectivity index (χ0n) is 15.9. The van der Waals surface area contributed by atoms with Crippen molar-refractivity contribution in [3.8, 4) is 0 Å². The van der Waals surface area contributed by atoms with Crippen LogP contribution >= 0.6 is 0 Å². The zero-order chi connectivity index (χ0) is 18.4. The van der Waals surface area contributed by atoms with Crippen molar-refractivity contribution in [2.24, 2.45) is 0 Å². The molecule has 3 aromatic heterocycles. The lowest BCUT2D eigenvalue weighted by atomic mass is 9.99. The lowest BCUT2D eigenvalue weighted by Gasteiger charge is -2.08. The van der Waals surface area contributed by atoms with Crippen molar-refractivity contribution in [1.82, 2.24) is 8.97 Å². The molecule has 0 aliphatic heterocycles. The van der Waals surface area contributed by atoms with Gasteiger partial charge in [0, 0.05) is 39.3 Å². The molecule has 0 N–H and O–H groups in total. The molecule has 28 heavy (non-hydrogen) atoms. The van der Waals surface area contributed by atoms with E-state index in [1.807, 2.05) is 0 Å². The van der Waals surface area contributed by atoms with Gasteiger partial charge in [0.05, 0.1) is 16.6 Å². The summed E-state index contributed by atoms with van der Waals surface area (Å²) >= 11 is 0. The summed E-state index contributed by atoms with van der Waals surface area (Å²) in [7, 11) is 0. The van der Waals surface area contributed by atoms with Crippen molar-refractivity contribution in [3.63, 3.8) is 0 Å². The van der Waals surface area contributed by atoms with Gasteiger partial charge in [0.1, 0.15) is 0 Å². The molecule has 3 heterocycles. The first-order valence-corrected chi connectivity index (χ1v) is 10.3. The van der Waals surface area contributed by atoms with E-state index < -0.39 is 0 Å². The van der Waals surface area contributed by atoms with E-state index in [0.717, 1.165) is 19.4 Å². The van der Waals surface area contributed by atoms with Gasteiger partial charge in [-0.05, 0) is 55.0 Å². The van der Waals surface area contributed by atoms with Gasteiger partial charge in [0.2, 0.25) is 0 Å². The van der Waals surface area contributed by atoms with Gasteiger partial charge < -0.3 is 8.97 Å². The number of rotatable bonds is 1. The fourth-order valence-electron chi connectivity index (χ4n) is 5.65. The molecule has 2 heteroatoms. The van der Waals surface area contributed by atoms with Gasteiger partial charge in [-0.15, -0.1) is 0 Å². The number of hydrogen-bond acceptors (Lipinski definition) is 0. The monoisotopic (exact) mass is 360 g/mol. The van der Waals surface area contributed by atoms with Crippen LogP contribution in [-0.2, 0) is 13.0 Å². The Labute approximate surface area is 162 Å². The number of nitrogens with zero attached hydrogens (tertiary/aromatic N) is 2. The lowest BCUT2D eigenvalue weighted by Crippen LogP contribution is -1.95. The van der Waals surface area contributed by atoms with Crippen LogP contribution in [0.25, 0.3) is 55.1 Å². The number of benzene rings is 3. The number of hydrogen-bond donors (Lipinski definition) is 0. The maximum atomic E-state index is 2.54. The van der Waals surface area contributed by atoms with Crippen molar-refractivity contribution < 1.29 is 0 Å². The summed E-state index contributed by atoms with van der Waals surface area (Å²) in [6, 6.07) is 20.4. The van der Waals surface area contributed by atoms with E-state index in [0.29, 0.717) is 0 Å². The van der Waals surface area contributed by atoms with E-state index in [2.05, 4.69) is 82.6 Å². The molecule has 1 aliphatic carbocycles. The molecule has 0 radical (unpaired) electrons. The molecule has 3 aromatic carbocycles. The maximum absolute atomic E-state index is 2.54. The van der Waals surface area contributed by atoms with Gasteiger partial charge >= 0.3 is 0 Å². The number of para-hydroxylation sites is 1. The number of fused-ring (bicyclic) bond motifs is 6. The third kappa shape index (κ3) is 1.53. The second-order valence-corrected chi connectivity index (χ2v) is 7.96. The fourth-order valence-corrected chi connectivity index (χ4v) is 5.65. The quantitative estimate of drug-likeness (QED) is 0.306. The molecule has 0 atom stereocenters. The minimum Gasteiger partial charge on any atom is -0.341 e. The smallest absolute Gasteiger partial charge is 0.0638 e. The third-order valence-corrected chi connectivity index (χ3v) is 6.72. The average Bonchev–Trinajstić information content (AvgIpc) is 3.21. The molecule has 134 valence electrons. The van der Waals surface area contributed by atoms with Crippen LogP contribution in [0.4, 0.5) is 0 Å².